The number of fused-ring (bicyclic) bond motifs is 1. The molecule has 0 amide bonds. The van der Waals surface area contributed by atoms with E-state index in [4.69, 9.17) is 9.72 Å². The Morgan fingerprint density at radius 3 is 2.25 bits per heavy atom. The van der Waals surface area contributed by atoms with Crippen LogP contribution in [0.3, 0.4) is 0 Å². The number of para-hydroxylation sites is 1. The van der Waals surface area contributed by atoms with Gasteiger partial charge in [0.2, 0.25) is 0 Å². The van der Waals surface area contributed by atoms with E-state index in [-0.39, 0.29) is 18.4 Å². The SMILES string of the molecule is COC(=O)c1ccc(Nc2nc(-c3ccccc3)nc3ccccc23)cc1.Cl. The van der Waals surface area contributed by atoms with Crippen LogP contribution >= 0.6 is 12.4 Å². The van der Waals surface area contributed by atoms with Crippen molar-refractivity contribution in [3.8, 4) is 11.4 Å². The molecule has 0 unspecified atom stereocenters. The summed E-state index contributed by atoms with van der Waals surface area (Å²) < 4.78 is 4.74. The van der Waals surface area contributed by atoms with Gasteiger partial charge in [0, 0.05) is 16.6 Å². The summed E-state index contributed by atoms with van der Waals surface area (Å²) in [7, 11) is 1.37. The van der Waals surface area contributed by atoms with Crippen molar-refractivity contribution in [1.82, 2.24) is 9.97 Å². The summed E-state index contributed by atoms with van der Waals surface area (Å²) in [6, 6.07) is 24.8. The summed E-state index contributed by atoms with van der Waals surface area (Å²) in [5, 5.41) is 4.26. The van der Waals surface area contributed by atoms with Gasteiger partial charge < -0.3 is 10.1 Å². The number of halogens is 1. The van der Waals surface area contributed by atoms with Gasteiger partial charge in [0.1, 0.15) is 5.82 Å². The zero-order valence-corrected chi connectivity index (χ0v) is 15.9. The third-order valence-corrected chi connectivity index (χ3v) is 4.20. The Kier molecular flexibility index (Phi) is 5.87. The van der Waals surface area contributed by atoms with Gasteiger partial charge in [-0.2, -0.15) is 0 Å². The van der Waals surface area contributed by atoms with E-state index in [1.54, 1.807) is 12.1 Å². The molecule has 0 saturated carbocycles. The Labute approximate surface area is 168 Å². The molecule has 0 bridgehead atoms. The first-order chi connectivity index (χ1) is 13.2. The predicted octanol–water partition coefficient (Wildman–Crippen LogP) is 5.25. The van der Waals surface area contributed by atoms with Gasteiger partial charge in [0.25, 0.3) is 0 Å². The summed E-state index contributed by atoms with van der Waals surface area (Å²) in [6.07, 6.45) is 0. The number of carbonyl (C=O) groups excluding carboxylic acids is 1. The number of methoxy groups -OCH3 is 1. The minimum absolute atomic E-state index is 0. The van der Waals surface area contributed by atoms with E-state index in [0.717, 1.165) is 22.2 Å². The number of ether oxygens (including phenoxy) is 1. The van der Waals surface area contributed by atoms with E-state index in [1.807, 2.05) is 66.7 Å². The summed E-state index contributed by atoms with van der Waals surface area (Å²) in [5.41, 5.74) is 3.14. The summed E-state index contributed by atoms with van der Waals surface area (Å²) in [6.45, 7) is 0. The second-order valence-electron chi connectivity index (χ2n) is 5.97. The number of nitrogens with zero attached hydrogens (tertiary/aromatic N) is 2. The predicted molar refractivity (Wildman–Crippen MR) is 113 cm³/mol. The fourth-order valence-electron chi connectivity index (χ4n) is 2.83. The highest BCUT2D eigenvalue weighted by atomic mass is 35.5. The summed E-state index contributed by atoms with van der Waals surface area (Å²) in [4.78, 5) is 21.0. The minimum Gasteiger partial charge on any atom is -0.465 e. The van der Waals surface area contributed by atoms with E-state index in [9.17, 15) is 4.79 Å². The molecule has 5 nitrogen and oxygen atoms in total. The van der Waals surface area contributed by atoms with Crippen molar-refractivity contribution in [2.75, 3.05) is 12.4 Å². The lowest BCUT2D eigenvalue weighted by atomic mass is 10.1. The van der Waals surface area contributed by atoms with Crippen molar-refractivity contribution >= 4 is 40.8 Å². The molecule has 1 heterocycles. The standard InChI is InChI=1S/C22H17N3O2.ClH/c1-27-22(26)16-11-13-17(14-12-16)23-21-18-9-5-6-10-19(18)24-20(25-21)15-7-3-2-4-8-15;/h2-14H,1H3,(H,23,24,25);1H. The van der Waals surface area contributed by atoms with Gasteiger partial charge in [-0.05, 0) is 36.4 Å². The second-order valence-corrected chi connectivity index (χ2v) is 5.97. The molecule has 0 aliphatic rings. The number of benzene rings is 3. The lowest BCUT2D eigenvalue weighted by Gasteiger charge is -2.11. The van der Waals surface area contributed by atoms with Crippen LogP contribution in [0.4, 0.5) is 11.5 Å². The van der Waals surface area contributed by atoms with Crippen LogP contribution in [0.5, 0.6) is 0 Å². The van der Waals surface area contributed by atoms with Crippen molar-refractivity contribution in [3.05, 3.63) is 84.4 Å². The van der Waals surface area contributed by atoms with E-state index in [1.165, 1.54) is 7.11 Å². The Balaban J connectivity index is 0.00000225. The molecule has 0 atom stereocenters. The van der Waals surface area contributed by atoms with Gasteiger partial charge in [-0.1, -0.05) is 42.5 Å². The van der Waals surface area contributed by atoms with Gasteiger partial charge in [0.15, 0.2) is 5.82 Å². The van der Waals surface area contributed by atoms with E-state index >= 15 is 0 Å². The van der Waals surface area contributed by atoms with Crippen LogP contribution in [0.25, 0.3) is 22.3 Å². The third-order valence-electron chi connectivity index (χ3n) is 4.20. The molecular formula is C22H18ClN3O2. The lowest BCUT2D eigenvalue weighted by molar-refractivity contribution is 0.0601. The maximum absolute atomic E-state index is 11.6. The monoisotopic (exact) mass is 391 g/mol. The fourth-order valence-corrected chi connectivity index (χ4v) is 2.83. The van der Waals surface area contributed by atoms with Gasteiger partial charge in [0.05, 0.1) is 18.2 Å². The van der Waals surface area contributed by atoms with Crippen molar-refractivity contribution in [1.29, 1.82) is 0 Å². The zero-order chi connectivity index (χ0) is 18.6. The second kappa shape index (κ2) is 8.50. The first-order valence-electron chi connectivity index (χ1n) is 8.52. The highest BCUT2D eigenvalue weighted by molar-refractivity contribution is 5.93. The van der Waals surface area contributed by atoms with Gasteiger partial charge in [-0.25, -0.2) is 14.8 Å². The molecule has 1 N–H and O–H groups in total. The van der Waals surface area contributed by atoms with Gasteiger partial charge >= 0.3 is 5.97 Å². The van der Waals surface area contributed by atoms with Crippen molar-refractivity contribution in [2.45, 2.75) is 0 Å². The molecule has 28 heavy (non-hydrogen) atoms. The zero-order valence-electron chi connectivity index (χ0n) is 15.1. The Morgan fingerprint density at radius 1 is 0.857 bits per heavy atom. The number of hydrogen-bond acceptors (Lipinski definition) is 5. The van der Waals surface area contributed by atoms with Crippen LogP contribution in [0.15, 0.2) is 78.9 Å². The summed E-state index contributed by atoms with van der Waals surface area (Å²) >= 11 is 0. The molecule has 0 radical (unpaired) electrons. The highest BCUT2D eigenvalue weighted by Gasteiger charge is 2.10. The molecule has 4 aromatic rings. The quantitative estimate of drug-likeness (QED) is 0.481. The van der Waals surface area contributed by atoms with Crippen LogP contribution in [0.1, 0.15) is 10.4 Å². The van der Waals surface area contributed by atoms with Crippen molar-refractivity contribution < 1.29 is 9.53 Å². The molecule has 140 valence electrons. The van der Waals surface area contributed by atoms with E-state index < -0.39 is 0 Å². The Hall–Kier alpha value is -3.44. The first kappa shape index (κ1) is 19.3. The lowest BCUT2D eigenvalue weighted by Crippen LogP contribution is -2.02. The number of nitrogens with one attached hydrogen (secondary N) is 1. The number of anilines is 2. The normalized spacial score (nSPS) is 10.2. The van der Waals surface area contributed by atoms with Crippen molar-refractivity contribution in [3.63, 3.8) is 0 Å². The molecule has 0 saturated heterocycles. The Bertz CT molecular complexity index is 1100. The molecule has 6 heteroatoms. The topological polar surface area (TPSA) is 64.1 Å². The van der Waals surface area contributed by atoms with Gasteiger partial charge in [-0.15, -0.1) is 12.4 Å². The largest absolute Gasteiger partial charge is 0.465 e. The van der Waals surface area contributed by atoms with Crippen LogP contribution in [0, 0.1) is 0 Å². The maximum atomic E-state index is 11.6. The average Bonchev–Trinajstić information content (AvgIpc) is 2.74. The van der Waals surface area contributed by atoms with E-state index in [2.05, 4.69) is 10.3 Å². The summed E-state index contributed by atoms with van der Waals surface area (Å²) in [5.74, 6) is 1.01. The maximum Gasteiger partial charge on any atom is 0.337 e. The molecule has 0 aliphatic heterocycles. The van der Waals surface area contributed by atoms with Crippen LogP contribution in [-0.2, 0) is 4.74 Å². The molecular weight excluding hydrogens is 374 g/mol. The first-order valence-corrected chi connectivity index (χ1v) is 8.52. The van der Waals surface area contributed by atoms with Gasteiger partial charge in [-0.3, -0.25) is 0 Å². The van der Waals surface area contributed by atoms with Crippen LogP contribution < -0.4 is 5.32 Å². The minimum atomic E-state index is -0.361. The van der Waals surface area contributed by atoms with Crippen molar-refractivity contribution in [2.24, 2.45) is 0 Å². The molecule has 3 aromatic carbocycles. The Morgan fingerprint density at radius 2 is 1.54 bits per heavy atom. The molecule has 4 rings (SSSR count). The molecule has 0 aliphatic carbocycles. The fraction of sp³-hybridized carbons (Fsp3) is 0.0455. The highest BCUT2D eigenvalue weighted by Crippen LogP contribution is 2.27. The third kappa shape index (κ3) is 3.94. The van der Waals surface area contributed by atoms with Crippen LogP contribution in [0.2, 0.25) is 0 Å². The number of aromatic nitrogens is 2. The molecule has 1 aromatic heterocycles. The molecule has 0 spiro atoms. The van der Waals surface area contributed by atoms with Crippen LogP contribution in [-0.4, -0.2) is 23.0 Å². The van der Waals surface area contributed by atoms with E-state index in [0.29, 0.717) is 17.2 Å². The smallest absolute Gasteiger partial charge is 0.337 e. The number of rotatable bonds is 4. The number of esters is 1. The number of hydrogen-bond donors (Lipinski definition) is 1. The average molecular weight is 392 g/mol. The number of carbonyl (C=O) groups is 1. The molecule has 0 fully saturated rings.